The number of thiophene rings is 1. The van der Waals surface area contributed by atoms with Gasteiger partial charge in [-0.3, -0.25) is 0 Å². The first-order chi connectivity index (χ1) is 6.76. The molecule has 2 rings (SSSR count). The molecular weight excluding hydrogens is 190 g/mol. The summed E-state index contributed by atoms with van der Waals surface area (Å²) in [7, 11) is 0. The summed E-state index contributed by atoms with van der Waals surface area (Å²) in [6, 6.07) is 2.42. The molecule has 1 heterocycles. The second kappa shape index (κ2) is 4.03. The van der Waals surface area contributed by atoms with Crippen LogP contribution in [0.3, 0.4) is 0 Å². The topological polar surface area (TPSA) is 26.0 Å². The van der Waals surface area contributed by atoms with Crippen LogP contribution >= 0.6 is 11.3 Å². The predicted octanol–water partition coefficient (Wildman–Crippen LogP) is 2.94. The van der Waals surface area contributed by atoms with E-state index in [4.69, 9.17) is 5.73 Å². The Morgan fingerprint density at radius 1 is 1.57 bits per heavy atom. The lowest BCUT2D eigenvalue weighted by atomic mass is 9.91. The second-order valence-corrected chi connectivity index (χ2v) is 5.53. The standard InChI is InChI=1S/C12H19NS/c1-3-9-7-11-10(4-5-13)8(2)6-12(11)14-9/h7-8,10H,3-6,13H2,1-2H3. The molecular formula is C12H19NS. The van der Waals surface area contributed by atoms with Crippen LogP contribution in [0.4, 0.5) is 0 Å². The summed E-state index contributed by atoms with van der Waals surface area (Å²) in [5, 5.41) is 0. The second-order valence-electron chi connectivity index (χ2n) is 4.31. The monoisotopic (exact) mass is 209 g/mol. The van der Waals surface area contributed by atoms with Gasteiger partial charge in [-0.05, 0) is 49.3 Å². The average molecular weight is 209 g/mol. The van der Waals surface area contributed by atoms with E-state index in [-0.39, 0.29) is 0 Å². The van der Waals surface area contributed by atoms with Gasteiger partial charge in [-0.25, -0.2) is 0 Å². The van der Waals surface area contributed by atoms with Crippen molar-refractivity contribution in [3.05, 3.63) is 21.4 Å². The molecule has 1 aliphatic rings. The summed E-state index contributed by atoms with van der Waals surface area (Å²) >= 11 is 2.01. The SMILES string of the molecule is CCc1cc2c(s1)CC(C)C2CCN. The van der Waals surface area contributed by atoms with Crippen molar-refractivity contribution >= 4 is 11.3 Å². The van der Waals surface area contributed by atoms with Gasteiger partial charge in [0.1, 0.15) is 0 Å². The molecule has 1 aromatic heterocycles. The molecule has 0 aliphatic heterocycles. The highest BCUT2D eigenvalue weighted by Crippen LogP contribution is 2.43. The molecule has 0 spiro atoms. The molecule has 0 saturated carbocycles. The molecule has 0 bridgehead atoms. The van der Waals surface area contributed by atoms with Crippen molar-refractivity contribution in [3.63, 3.8) is 0 Å². The Morgan fingerprint density at radius 2 is 2.36 bits per heavy atom. The summed E-state index contributed by atoms with van der Waals surface area (Å²) in [6.07, 6.45) is 3.63. The highest BCUT2D eigenvalue weighted by molar-refractivity contribution is 7.12. The van der Waals surface area contributed by atoms with Gasteiger partial charge < -0.3 is 5.73 Å². The number of rotatable bonds is 3. The van der Waals surface area contributed by atoms with E-state index in [1.807, 2.05) is 11.3 Å². The molecule has 0 saturated heterocycles. The molecule has 0 radical (unpaired) electrons. The first kappa shape index (κ1) is 10.2. The smallest absolute Gasteiger partial charge is 0.00859 e. The summed E-state index contributed by atoms with van der Waals surface area (Å²) in [6.45, 7) is 5.42. The third-order valence-electron chi connectivity index (χ3n) is 3.31. The maximum atomic E-state index is 5.67. The van der Waals surface area contributed by atoms with Crippen LogP contribution in [-0.2, 0) is 12.8 Å². The van der Waals surface area contributed by atoms with Gasteiger partial charge in [-0.15, -0.1) is 11.3 Å². The van der Waals surface area contributed by atoms with Gasteiger partial charge in [0, 0.05) is 9.75 Å². The van der Waals surface area contributed by atoms with Crippen LogP contribution in [0, 0.1) is 5.92 Å². The van der Waals surface area contributed by atoms with Gasteiger partial charge in [-0.1, -0.05) is 13.8 Å². The molecule has 0 fully saturated rings. The van der Waals surface area contributed by atoms with Crippen LogP contribution in [0.1, 0.15) is 41.5 Å². The highest BCUT2D eigenvalue weighted by atomic mass is 32.1. The van der Waals surface area contributed by atoms with Crippen molar-refractivity contribution in [2.24, 2.45) is 11.7 Å². The van der Waals surface area contributed by atoms with Crippen molar-refractivity contribution in [1.82, 2.24) is 0 Å². The van der Waals surface area contributed by atoms with Gasteiger partial charge in [0.05, 0.1) is 0 Å². The fourth-order valence-corrected chi connectivity index (χ4v) is 3.83. The Morgan fingerprint density at radius 3 is 3.00 bits per heavy atom. The Kier molecular flexibility index (Phi) is 2.93. The molecule has 1 nitrogen and oxygen atoms in total. The zero-order valence-corrected chi connectivity index (χ0v) is 9.86. The molecule has 14 heavy (non-hydrogen) atoms. The lowest BCUT2D eigenvalue weighted by Gasteiger charge is -2.14. The molecule has 2 atom stereocenters. The van der Waals surface area contributed by atoms with Gasteiger partial charge in [-0.2, -0.15) is 0 Å². The fourth-order valence-electron chi connectivity index (χ4n) is 2.51. The van der Waals surface area contributed by atoms with E-state index in [0.29, 0.717) is 0 Å². The van der Waals surface area contributed by atoms with Crippen LogP contribution in [0.15, 0.2) is 6.07 Å². The van der Waals surface area contributed by atoms with E-state index in [1.165, 1.54) is 12.8 Å². The maximum absolute atomic E-state index is 5.67. The van der Waals surface area contributed by atoms with Crippen LogP contribution in [-0.4, -0.2) is 6.54 Å². The number of hydrogen-bond acceptors (Lipinski definition) is 2. The van der Waals surface area contributed by atoms with E-state index >= 15 is 0 Å². The third kappa shape index (κ3) is 1.61. The number of nitrogens with two attached hydrogens (primary N) is 1. The van der Waals surface area contributed by atoms with Crippen molar-refractivity contribution < 1.29 is 0 Å². The van der Waals surface area contributed by atoms with Crippen molar-refractivity contribution in [3.8, 4) is 0 Å². The Balaban J connectivity index is 2.25. The van der Waals surface area contributed by atoms with E-state index in [1.54, 1.807) is 15.3 Å². The molecule has 2 unspecified atom stereocenters. The zero-order valence-electron chi connectivity index (χ0n) is 9.05. The van der Waals surface area contributed by atoms with Gasteiger partial charge in [0.15, 0.2) is 0 Å². The van der Waals surface area contributed by atoms with E-state index in [2.05, 4.69) is 19.9 Å². The van der Waals surface area contributed by atoms with Crippen molar-refractivity contribution in [2.45, 2.75) is 39.0 Å². The lowest BCUT2D eigenvalue weighted by molar-refractivity contribution is 0.475. The minimum atomic E-state index is 0.742. The van der Waals surface area contributed by atoms with E-state index in [0.717, 1.165) is 24.8 Å². The Hall–Kier alpha value is -0.340. The molecule has 78 valence electrons. The molecule has 0 amide bonds. The van der Waals surface area contributed by atoms with Crippen molar-refractivity contribution in [2.75, 3.05) is 6.54 Å². The largest absolute Gasteiger partial charge is 0.330 e. The molecule has 1 aromatic rings. The van der Waals surface area contributed by atoms with Crippen LogP contribution in [0.25, 0.3) is 0 Å². The first-order valence-electron chi connectivity index (χ1n) is 5.57. The van der Waals surface area contributed by atoms with E-state index < -0.39 is 0 Å². The lowest BCUT2D eigenvalue weighted by Crippen LogP contribution is -2.10. The average Bonchev–Trinajstić information content (AvgIpc) is 2.67. The Labute approximate surface area is 90.3 Å². The first-order valence-corrected chi connectivity index (χ1v) is 6.39. The summed E-state index contributed by atoms with van der Waals surface area (Å²) in [5.74, 6) is 1.55. The van der Waals surface area contributed by atoms with Gasteiger partial charge in [0.25, 0.3) is 0 Å². The summed E-state index contributed by atoms with van der Waals surface area (Å²) in [4.78, 5) is 3.18. The van der Waals surface area contributed by atoms with E-state index in [9.17, 15) is 0 Å². The molecule has 2 heteroatoms. The normalized spacial score (nSPS) is 25.4. The van der Waals surface area contributed by atoms with Gasteiger partial charge in [0.2, 0.25) is 0 Å². The van der Waals surface area contributed by atoms with Crippen LogP contribution < -0.4 is 5.73 Å². The highest BCUT2D eigenvalue weighted by Gasteiger charge is 2.30. The predicted molar refractivity (Wildman–Crippen MR) is 63.0 cm³/mol. The fraction of sp³-hybridized carbons (Fsp3) is 0.667. The summed E-state index contributed by atoms with van der Waals surface area (Å²) in [5.41, 5.74) is 7.29. The Bertz CT molecular complexity index is 316. The zero-order chi connectivity index (χ0) is 10.1. The molecule has 0 aromatic carbocycles. The summed E-state index contributed by atoms with van der Waals surface area (Å²) < 4.78 is 0. The number of aryl methyl sites for hydroxylation is 1. The minimum Gasteiger partial charge on any atom is -0.330 e. The van der Waals surface area contributed by atoms with Crippen LogP contribution in [0.5, 0.6) is 0 Å². The minimum absolute atomic E-state index is 0.742. The maximum Gasteiger partial charge on any atom is 0.00859 e. The number of fused-ring (bicyclic) bond motifs is 1. The van der Waals surface area contributed by atoms with Crippen LogP contribution in [0.2, 0.25) is 0 Å². The van der Waals surface area contributed by atoms with Gasteiger partial charge >= 0.3 is 0 Å². The quantitative estimate of drug-likeness (QED) is 0.814. The van der Waals surface area contributed by atoms with Crippen molar-refractivity contribution in [1.29, 1.82) is 0 Å². The molecule has 1 aliphatic carbocycles. The number of hydrogen-bond donors (Lipinski definition) is 1. The third-order valence-corrected chi connectivity index (χ3v) is 4.63. The molecule has 2 N–H and O–H groups in total.